The van der Waals surface area contributed by atoms with Gasteiger partial charge in [-0.1, -0.05) is 146 Å². The van der Waals surface area contributed by atoms with E-state index in [0.29, 0.717) is 0 Å². The quantitative estimate of drug-likeness (QED) is 0.162. The molecule has 0 bridgehead atoms. The van der Waals surface area contributed by atoms with Crippen molar-refractivity contribution < 1.29 is 0 Å². The molecule has 56 heavy (non-hydrogen) atoms. The second kappa shape index (κ2) is 13.2. The average molecular weight is 713 g/mol. The van der Waals surface area contributed by atoms with Crippen LogP contribution >= 0.6 is 0 Å². The van der Waals surface area contributed by atoms with Crippen molar-refractivity contribution in [3.05, 3.63) is 218 Å². The molecule has 0 atom stereocenters. The van der Waals surface area contributed by atoms with Crippen molar-refractivity contribution >= 4 is 43.6 Å². The third-order valence-corrected chi connectivity index (χ3v) is 11.3. The molecule has 0 saturated heterocycles. The summed E-state index contributed by atoms with van der Waals surface area (Å²) in [7, 11) is 0. The molecule has 11 aromatic rings. The first-order valence-electron chi connectivity index (χ1n) is 19.3. The van der Waals surface area contributed by atoms with Gasteiger partial charge in [0.15, 0.2) is 0 Å². The van der Waals surface area contributed by atoms with Crippen LogP contribution in [0.3, 0.4) is 0 Å². The second-order valence-electron chi connectivity index (χ2n) is 14.6. The van der Waals surface area contributed by atoms with Crippen molar-refractivity contribution in [2.75, 3.05) is 0 Å². The number of hydrogen-bond donors (Lipinski definition) is 0. The lowest BCUT2D eigenvalue weighted by Crippen LogP contribution is -1.94. The van der Waals surface area contributed by atoms with Crippen molar-refractivity contribution in [3.8, 4) is 55.9 Å². The molecule has 2 heterocycles. The first-order chi connectivity index (χ1) is 27.8. The molecule has 0 unspecified atom stereocenters. The molecule has 0 radical (unpaired) electrons. The summed E-state index contributed by atoms with van der Waals surface area (Å²) in [4.78, 5) is 0. The Kier molecular flexibility index (Phi) is 7.53. The third-order valence-electron chi connectivity index (χ3n) is 11.3. The van der Waals surface area contributed by atoms with Crippen molar-refractivity contribution in [2.45, 2.75) is 0 Å². The van der Waals surface area contributed by atoms with Crippen LogP contribution in [-0.4, -0.2) is 9.13 Å². The Hall–Kier alpha value is -7.42. The van der Waals surface area contributed by atoms with Crippen LogP contribution < -0.4 is 0 Å². The smallest absolute Gasteiger partial charge is 0.0541 e. The molecule has 0 aliphatic heterocycles. The van der Waals surface area contributed by atoms with Gasteiger partial charge in [-0.05, 0) is 117 Å². The number of para-hydroxylation sites is 1. The van der Waals surface area contributed by atoms with Gasteiger partial charge in [0.05, 0.1) is 22.1 Å². The number of benzene rings is 9. The maximum absolute atomic E-state index is 2.43. The molecular formula is C54H36N2. The lowest BCUT2D eigenvalue weighted by atomic mass is 9.98. The van der Waals surface area contributed by atoms with Crippen molar-refractivity contribution in [3.63, 3.8) is 0 Å². The highest BCUT2D eigenvalue weighted by Crippen LogP contribution is 2.40. The largest absolute Gasteiger partial charge is 0.309 e. The Morgan fingerprint density at radius 2 is 0.482 bits per heavy atom. The van der Waals surface area contributed by atoms with Crippen molar-refractivity contribution in [1.82, 2.24) is 9.13 Å². The summed E-state index contributed by atoms with van der Waals surface area (Å²) in [6, 6.07) is 79.5. The normalized spacial score (nSPS) is 11.6. The Bertz CT molecular complexity index is 3210. The molecule has 0 aliphatic carbocycles. The van der Waals surface area contributed by atoms with Crippen LogP contribution in [0, 0.1) is 0 Å². The van der Waals surface area contributed by atoms with E-state index >= 15 is 0 Å². The highest BCUT2D eigenvalue weighted by atomic mass is 15.0. The van der Waals surface area contributed by atoms with Gasteiger partial charge in [-0.3, -0.25) is 0 Å². The molecule has 11 rings (SSSR count). The molecule has 0 aliphatic rings. The number of fused-ring (bicyclic) bond motifs is 6. The molecule has 2 nitrogen and oxygen atoms in total. The fourth-order valence-corrected chi connectivity index (χ4v) is 8.61. The maximum atomic E-state index is 2.43. The summed E-state index contributed by atoms with van der Waals surface area (Å²) in [5.41, 5.74) is 16.8. The lowest BCUT2D eigenvalue weighted by molar-refractivity contribution is 1.18. The molecule has 9 aromatic carbocycles. The molecule has 0 saturated carbocycles. The van der Waals surface area contributed by atoms with Gasteiger partial charge in [0.1, 0.15) is 0 Å². The standard InChI is InChI=1S/C54H36N2/c1-5-14-37(15-6-1)40-20-13-23-46(32-40)56-53-29-25-42(39-18-9-3-10-19-39)34-48(53)50-36-44(27-31-54(50)56)43-26-30-52-49(35-43)47-33-41(38-16-7-2-8-17-38)24-28-51(47)55(52)45-21-11-4-12-22-45/h1-36H. The van der Waals surface area contributed by atoms with E-state index < -0.39 is 0 Å². The van der Waals surface area contributed by atoms with E-state index in [1.165, 1.54) is 88.1 Å². The summed E-state index contributed by atoms with van der Waals surface area (Å²) in [5.74, 6) is 0. The molecule has 2 heteroatoms. The Labute approximate surface area is 325 Å². The first-order valence-corrected chi connectivity index (χ1v) is 19.3. The van der Waals surface area contributed by atoms with Crippen LogP contribution in [0.5, 0.6) is 0 Å². The molecule has 2 aromatic heterocycles. The molecule has 262 valence electrons. The Balaban J connectivity index is 1.13. The highest BCUT2D eigenvalue weighted by Gasteiger charge is 2.18. The minimum Gasteiger partial charge on any atom is -0.309 e. The Morgan fingerprint density at radius 3 is 0.875 bits per heavy atom. The summed E-state index contributed by atoms with van der Waals surface area (Å²) in [5, 5.41) is 4.96. The number of aromatic nitrogens is 2. The number of rotatable bonds is 6. The average Bonchev–Trinajstić information content (AvgIpc) is 3.79. The minimum atomic E-state index is 1.15. The van der Waals surface area contributed by atoms with E-state index in [1.54, 1.807) is 0 Å². The second-order valence-corrected chi connectivity index (χ2v) is 14.6. The van der Waals surface area contributed by atoms with Crippen LogP contribution in [0.15, 0.2) is 218 Å². The van der Waals surface area contributed by atoms with Gasteiger partial charge in [0.25, 0.3) is 0 Å². The zero-order valence-corrected chi connectivity index (χ0v) is 30.7. The van der Waals surface area contributed by atoms with E-state index in [4.69, 9.17) is 0 Å². The predicted octanol–water partition coefficient (Wildman–Crippen LogP) is 14.5. The third kappa shape index (κ3) is 5.34. The van der Waals surface area contributed by atoms with E-state index in [9.17, 15) is 0 Å². The van der Waals surface area contributed by atoms with Crippen LogP contribution in [0.2, 0.25) is 0 Å². The van der Waals surface area contributed by atoms with Crippen LogP contribution in [0.25, 0.3) is 99.5 Å². The molecule has 0 fully saturated rings. The summed E-state index contributed by atoms with van der Waals surface area (Å²) in [6.45, 7) is 0. The van der Waals surface area contributed by atoms with Gasteiger partial charge in [0.2, 0.25) is 0 Å². The molecule has 0 spiro atoms. The van der Waals surface area contributed by atoms with Crippen molar-refractivity contribution in [2.24, 2.45) is 0 Å². The monoisotopic (exact) mass is 712 g/mol. The number of nitrogens with zero attached hydrogens (tertiary/aromatic N) is 2. The van der Waals surface area contributed by atoms with Gasteiger partial charge < -0.3 is 9.13 Å². The van der Waals surface area contributed by atoms with Crippen molar-refractivity contribution in [1.29, 1.82) is 0 Å². The Morgan fingerprint density at radius 1 is 0.196 bits per heavy atom. The predicted molar refractivity (Wildman–Crippen MR) is 237 cm³/mol. The fraction of sp³-hybridized carbons (Fsp3) is 0. The topological polar surface area (TPSA) is 9.86 Å². The van der Waals surface area contributed by atoms with Crippen LogP contribution in [-0.2, 0) is 0 Å². The number of hydrogen-bond acceptors (Lipinski definition) is 0. The summed E-state index contributed by atoms with van der Waals surface area (Å²) < 4.78 is 4.83. The molecule has 0 N–H and O–H groups in total. The van der Waals surface area contributed by atoms with Crippen LogP contribution in [0.1, 0.15) is 0 Å². The molecular weight excluding hydrogens is 677 g/mol. The summed E-state index contributed by atoms with van der Waals surface area (Å²) in [6.07, 6.45) is 0. The van der Waals surface area contributed by atoms with E-state index in [-0.39, 0.29) is 0 Å². The fourth-order valence-electron chi connectivity index (χ4n) is 8.61. The van der Waals surface area contributed by atoms with E-state index in [0.717, 1.165) is 11.4 Å². The lowest BCUT2D eigenvalue weighted by Gasteiger charge is -2.11. The van der Waals surface area contributed by atoms with E-state index in [1.807, 2.05) is 0 Å². The SMILES string of the molecule is c1ccc(-c2cccc(-n3c4ccc(-c5ccccc5)cc4c4cc(-c5ccc6c(c5)c5cc(-c7ccccc7)ccc5n6-c5ccccc5)ccc43)c2)cc1. The van der Waals surface area contributed by atoms with Gasteiger partial charge in [-0.15, -0.1) is 0 Å². The zero-order chi connectivity index (χ0) is 37.0. The van der Waals surface area contributed by atoms with Gasteiger partial charge in [-0.2, -0.15) is 0 Å². The van der Waals surface area contributed by atoms with Gasteiger partial charge >= 0.3 is 0 Å². The highest BCUT2D eigenvalue weighted by molar-refractivity contribution is 6.14. The summed E-state index contributed by atoms with van der Waals surface area (Å²) >= 11 is 0. The van der Waals surface area contributed by atoms with E-state index in [2.05, 4.69) is 228 Å². The zero-order valence-electron chi connectivity index (χ0n) is 30.7. The molecule has 0 amide bonds. The van der Waals surface area contributed by atoms with Crippen LogP contribution in [0.4, 0.5) is 0 Å². The maximum Gasteiger partial charge on any atom is 0.0541 e. The van der Waals surface area contributed by atoms with Gasteiger partial charge in [0, 0.05) is 32.9 Å². The van der Waals surface area contributed by atoms with Gasteiger partial charge in [-0.25, -0.2) is 0 Å². The first kappa shape index (κ1) is 32.0. The minimum absolute atomic E-state index is 1.15.